The molecule has 6 nitrogen and oxygen atoms in total. The van der Waals surface area contributed by atoms with E-state index in [0.717, 1.165) is 10.9 Å². The molecular formula is C17H16N4O2. The van der Waals surface area contributed by atoms with E-state index in [0.29, 0.717) is 24.7 Å². The number of rotatable bonds is 5. The van der Waals surface area contributed by atoms with Crippen molar-refractivity contribution >= 4 is 22.6 Å². The first kappa shape index (κ1) is 14.8. The van der Waals surface area contributed by atoms with Gasteiger partial charge in [-0.05, 0) is 24.3 Å². The van der Waals surface area contributed by atoms with Gasteiger partial charge in [-0.15, -0.1) is 0 Å². The number of nitrogen functional groups attached to an aromatic ring is 1. The fourth-order valence-electron chi connectivity index (χ4n) is 2.19. The van der Waals surface area contributed by atoms with Crippen molar-refractivity contribution in [3.05, 3.63) is 60.4 Å². The summed E-state index contributed by atoms with van der Waals surface area (Å²) in [6.45, 7) is 0.697. The summed E-state index contributed by atoms with van der Waals surface area (Å²) >= 11 is 0. The number of nitrogens with zero attached hydrogens (tertiary/aromatic N) is 2. The predicted octanol–water partition coefficient (Wildman–Crippen LogP) is 2.02. The van der Waals surface area contributed by atoms with Crippen molar-refractivity contribution in [2.45, 2.75) is 0 Å². The molecule has 0 atom stereocenters. The van der Waals surface area contributed by atoms with E-state index in [-0.39, 0.29) is 11.6 Å². The van der Waals surface area contributed by atoms with Gasteiger partial charge in [0.1, 0.15) is 29.4 Å². The van der Waals surface area contributed by atoms with Crippen molar-refractivity contribution in [2.24, 2.45) is 0 Å². The van der Waals surface area contributed by atoms with Gasteiger partial charge in [-0.2, -0.15) is 0 Å². The second-order valence-electron chi connectivity index (χ2n) is 4.88. The van der Waals surface area contributed by atoms with Crippen LogP contribution in [0.1, 0.15) is 10.5 Å². The average Bonchev–Trinajstić information content (AvgIpc) is 2.58. The van der Waals surface area contributed by atoms with Crippen molar-refractivity contribution in [2.75, 3.05) is 18.9 Å². The van der Waals surface area contributed by atoms with Crippen LogP contribution in [0.25, 0.3) is 10.9 Å². The molecule has 6 heteroatoms. The summed E-state index contributed by atoms with van der Waals surface area (Å²) in [5, 5.41) is 3.75. The maximum Gasteiger partial charge on any atom is 0.270 e. The molecule has 23 heavy (non-hydrogen) atoms. The highest BCUT2D eigenvalue weighted by Gasteiger charge is 2.07. The first-order chi connectivity index (χ1) is 11.2. The number of pyridine rings is 2. The molecule has 3 rings (SSSR count). The first-order valence-corrected chi connectivity index (χ1v) is 7.21. The Labute approximate surface area is 133 Å². The van der Waals surface area contributed by atoms with E-state index in [1.165, 1.54) is 0 Å². The van der Waals surface area contributed by atoms with Gasteiger partial charge in [-0.25, -0.2) is 4.98 Å². The minimum Gasteiger partial charge on any atom is -0.489 e. The van der Waals surface area contributed by atoms with E-state index in [1.807, 2.05) is 30.3 Å². The summed E-state index contributed by atoms with van der Waals surface area (Å²) in [5.74, 6) is 0.729. The van der Waals surface area contributed by atoms with Crippen LogP contribution in [0.2, 0.25) is 0 Å². The van der Waals surface area contributed by atoms with Gasteiger partial charge in [0, 0.05) is 11.6 Å². The number of fused-ring (bicyclic) bond motifs is 1. The highest BCUT2D eigenvalue weighted by molar-refractivity contribution is 5.92. The minimum absolute atomic E-state index is 0.281. The maximum atomic E-state index is 11.9. The van der Waals surface area contributed by atoms with Gasteiger partial charge in [0.15, 0.2) is 0 Å². The van der Waals surface area contributed by atoms with Crippen molar-refractivity contribution < 1.29 is 9.53 Å². The summed E-state index contributed by atoms with van der Waals surface area (Å²) in [4.78, 5) is 20.2. The number of benzene rings is 1. The van der Waals surface area contributed by atoms with Gasteiger partial charge in [-0.3, -0.25) is 9.78 Å². The molecule has 0 fully saturated rings. The SMILES string of the molecule is Nc1cccc(C(=O)NCCOc2cccc3cccnc23)n1. The Hall–Kier alpha value is -3.15. The molecule has 0 saturated carbocycles. The Balaban J connectivity index is 1.56. The maximum absolute atomic E-state index is 11.9. The lowest BCUT2D eigenvalue weighted by molar-refractivity contribution is 0.0942. The largest absolute Gasteiger partial charge is 0.489 e. The van der Waals surface area contributed by atoms with E-state index < -0.39 is 0 Å². The Morgan fingerprint density at radius 2 is 1.96 bits per heavy atom. The van der Waals surface area contributed by atoms with E-state index in [9.17, 15) is 4.79 Å². The van der Waals surface area contributed by atoms with E-state index in [4.69, 9.17) is 10.5 Å². The van der Waals surface area contributed by atoms with Gasteiger partial charge >= 0.3 is 0 Å². The van der Waals surface area contributed by atoms with Crippen LogP contribution in [0.3, 0.4) is 0 Å². The van der Waals surface area contributed by atoms with Gasteiger partial charge < -0.3 is 15.8 Å². The number of carbonyl (C=O) groups is 1. The molecule has 116 valence electrons. The van der Waals surface area contributed by atoms with Crippen molar-refractivity contribution in [1.29, 1.82) is 0 Å². The quantitative estimate of drug-likeness (QED) is 0.704. The number of hydrogen-bond acceptors (Lipinski definition) is 5. The summed E-state index contributed by atoms with van der Waals surface area (Å²) in [5.41, 5.74) is 6.65. The van der Waals surface area contributed by atoms with Crippen molar-refractivity contribution in [3.63, 3.8) is 0 Å². The Bertz CT molecular complexity index is 830. The van der Waals surface area contributed by atoms with Gasteiger partial charge in [0.05, 0.1) is 6.54 Å². The van der Waals surface area contributed by atoms with Gasteiger partial charge in [0.25, 0.3) is 5.91 Å². The summed E-state index contributed by atoms with van der Waals surface area (Å²) in [6, 6.07) is 14.5. The number of para-hydroxylation sites is 1. The molecule has 0 aliphatic rings. The fourth-order valence-corrected chi connectivity index (χ4v) is 2.19. The number of nitrogens with two attached hydrogens (primary N) is 1. The number of amides is 1. The Kier molecular flexibility index (Phi) is 4.33. The van der Waals surface area contributed by atoms with Crippen LogP contribution in [-0.2, 0) is 0 Å². The molecule has 0 spiro atoms. The molecular weight excluding hydrogens is 292 g/mol. The fraction of sp³-hybridized carbons (Fsp3) is 0.118. The van der Waals surface area contributed by atoms with Crippen LogP contribution in [0.15, 0.2) is 54.7 Å². The van der Waals surface area contributed by atoms with Crippen LogP contribution in [0.5, 0.6) is 5.75 Å². The highest BCUT2D eigenvalue weighted by atomic mass is 16.5. The molecule has 2 aromatic heterocycles. The Morgan fingerprint density at radius 3 is 2.83 bits per heavy atom. The first-order valence-electron chi connectivity index (χ1n) is 7.21. The van der Waals surface area contributed by atoms with Crippen LogP contribution in [0.4, 0.5) is 5.82 Å². The van der Waals surface area contributed by atoms with E-state index in [1.54, 1.807) is 24.4 Å². The van der Waals surface area contributed by atoms with E-state index in [2.05, 4.69) is 15.3 Å². The second-order valence-corrected chi connectivity index (χ2v) is 4.88. The number of carbonyl (C=O) groups excluding carboxylic acids is 1. The van der Waals surface area contributed by atoms with Crippen LogP contribution in [-0.4, -0.2) is 29.0 Å². The normalized spacial score (nSPS) is 10.4. The molecule has 1 aromatic carbocycles. The van der Waals surface area contributed by atoms with Crippen molar-refractivity contribution in [3.8, 4) is 5.75 Å². The number of hydrogen-bond donors (Lipinski definition) is 2. The topological polar surface area (TPSA) is 90.1 Å². The average molecular weight is 308 g/mol. The summed E-state index contributed by atoms with van der Waals surface area (Å²) in [6.07, 6.45) is 1.72. The third kappa shape index (κ3) is 3.55. The third-order valence-electron chi connectivity index (χ3n) is 3.24. The minimum atomic E-state index is -0.281. The molecule has 0 unspecified atom stereocenters. The number of ether oxygens (including phenoxy) is 1. The third-order valence-corrected chi connectivity index (χ3v) is 3.24. The molecule has 3 N–H and O–H groups in total. The van der Waals surface area contributed by atoms with Crippen LogP contribution < -0.4 is 15.8 Å². The number of anilines is 1. The monoisotopic (exact) mass is 308 g/mol. The number of nitrogens with one attached hydrogen (secondary N) is 1. The number of aromatic nitrogens is 2. The van der Waals surface area contributed by atoms with Crippen molar-refractivity contribution in [1.82, 2.24) is 15.3 Å². The predicted molar refractivity (Wildman–Crippen MR) is 88.2 cm³/mol. The molecule has 0 aliphatic carbocycles. The van der Waals surface area contributed by atoms with Gasteiger partial charge in [0.2, 0.25) is 0 Å². The zero-order chi connectivity index (χ0) is 16.1. The van der Waals surface area contributed by atoms with Crippen LogP contribution >= 0.6 is 0 Å². The summed E-state index contributed by atoms with van der Waals surface area (Å²) < 4.78 is 5.71. The zero-order valence-electron chi connectivity index (χ0n) is 12.4. The molecule has 0 radical (unpaired) electrons. The molecule has 3 aromatic rings. The standard InChI is InChI=1S/C17H16N4O2/c18-15-8-2-6-13(21-15)17(22)20-10-11-23-14-7-1-4-12-5-3-9-19-16(12)14/h1-9H,10-11H2,(H2,18,21)(H,20,22). The summed E-state index contributed by atoms with van der Waals surface area (Å²) in [7, 11) is 0. The zero-order valence-corrected chi connectivity index (χ0v) is 12.4. The Morgan fingerprint density at radius 1 is 1.13 bits per heavy atom. The lowest BCUT2D eigenvalue weighted by Gasteiger charge is -2.09. The highest BCUT2D eigenvalue weighted by Crippen LogP contribution is 2.22. The molecule has 0 aliphatic heterocycles. The second kappa shape index (κ2) is 6.74. The molecule has 0 saturated heterocycles. The lowest BCUT2D eigenvalue weighted by Crippen LogP contribution is -2.28. The van der Waals surface area contributed by atoms with Gasteiger partial charge in [-0.1, -0.05) is 24.3 Å². The molecule has 2 heterocycles. The smallest absolute Gasteiger partial charge is 0.270 e. The molecule has 0 bridgehead atoms. The molecule has 1 amide bonds. The van der Waals surface area contributed by atoms with E-state index >= 15 is 0 Å². The lowest BCUT2D eigenvalue weighted by atomic mass is 10.2. The van der Waals surface area contributed by atoms with Crippen LogP contribution in [0, 0.1) is 0 Å².